The molecular weight excluding hydrogens is 260 g/mol. The van der Waals surface area contributed by atoms with Crippen molar-refractivity contribution in [1.29, 1.82) is 0 Å². The maximum absolute atomic E-state index is 12.1. The highest BCUT2D eigenvalue weighted by Gasteiger charge is 2.13. The number of phenols is 1. The Morgan fingerprint density at radius 3 is 2.79 bits per heavy atom. The number of fused-ring (bicyclic) bond motifs is 5. The van der Waals surface area contributed by atoms with Gasteiger partial charge in [0.1, 0.15) is 11.3 Å². The highest BCUT2D eigenvalue weighted by Crippen LogP contribution is 2.37. The summed E-state index contributed by atoms with van der Waals surface area (Å²) < 4.78 is 7.16. The molecule has 4 aromatic rings. The first kappa shape index (κ1) is 10.6. The van der Waals surface area contributed by atoms with Gasteiger partial charge < -0.3 is 9.52 Å². The number of benzene rings is 2. The van der Waals surface area contributed by atoms with Crippen LogP contribution in [0.15, 0.2) is 51.7 Å². The molecule has 0 aliphatic heterocycles. The largest absolute Gasteiger partial charge is 0.508 e. The molecule has 4 heteroatoms. The van der Waals surface area contributed by atoms with E-state index in [1.165, 1.54) is 11.3 Å². The molecule has 1 N–H and O–H groups in total. The molecule has 0 atom stereocenters. The Kier molecular flexibility index (Phi) is 2.00. The summed E-state index contributed by atoms with van der Waals surface area (Å²) in [4.78, 5) is 12.1. The lowest BCUT2D eigenvalue weighted by molar-refractivity contribution is 0.476. The normalized spacial score (nSPS) is 11.6. The molecule has 3 nitrogen and oxygen atoms in total. The smallest absolute Gasteiger partial charge is 0.345 e. The van der Waals surface area contributed by atoms with E-state index < -0.39 is 0 Å². The topological polar surface area (TPSA) is 50.4 Å². The summed E-state index contributed by atoms with van der Waals surface area (Å²) in [6, 6.07) is 12.5. The lowest BCUT2D eigenvalue weighted by atomic mass is 10.1. The average molecular weight is 268 g/mol. The van der Waals surface area contributed by atoms with Gasteiger partial charge in [0.2, 0.25) is 0 Å². The zero-order valence-corrected chi connectivity index (χ0v) is 10.5. The van der Waals surface area contributed by atoms with Crippen LogP contribution in [0.4, 0.5) is 0 Å². The van der Waals surface area contributed by atoms with Gasteiger partial charge in [-0.25, -0.2) is 4.79 Å². The number of phenolic OH excluding ortho intramolecular Hbond substituents is 1. The van der Waals surface area contributed by atoms with Crippen molar-refractivity contribution in [3.63, 3.8) is 0 Å². The van der Waals surface area contributed by atoms with E-state index in [0.717, 1.165) is 20.2 Å². The van der Waals surface area contributed by atoms with E-state index in [1.54, 1.807) is 24.3 Å². The number of para-hydroxylation sites is 1. The second-order valence-corrected chi connectivity index (χ2v) is 5.42. The van der Waals surface area contributed by atoms with Crippen molar-refractivity contribution >= 4 is 42.5 Å². The summed E-state index contributed by atoms with van der Waals surface area (Å²) >= 11 is 1.50. The molecule has 0 aliphatic rings. The second kappa shape index (κ2) is 3.59. The van der Waals surface area contributed by atoms with Crippen LogP contribution in [-0.2, 0) is 0 Å². The number of aromatic hydroxyl groups is 1. The van der Waals surface area contributed by atoms with Gasteiger partial charge >= 0.3 is 5.63 Å². The van der Waals surface area contributed by atoms with Crippen LogP contribution in [0.1, 0.15) is 0 Å². The maximum atomic E-state index is 12.1. The number of hydrogen-bond donors (Lipinski definition) is 1. The van der Waals surface area contributed by atoms with Crippen molar-refractivity contribution in [3.05, 3.63) is 52.9 Å². The van der Waals surface area contributed by atoms with Gasteiger partial charge in [0, 0.05) is 15.5 Å². The summed E-state index contributed by atoms with van der Waals surface area (Å²) in [6.45, 7) is 0. The van der Waals surface area contributed by atoms with Crippen molar-refractivity contribution in [1.82, 2.24) is 0 Å². The fourth-order valence-corrected chi connectivity index (χ4v) is 3.63. The fourth-order valence-electron chi connectivity index (χ4n) is 2.37. The Morgan fingerprint density at radius 1 is 1.05 bits per heavy atom. The minimum Gasteiger partial charge on any atom is -0.508 e. The Labute approximate surface area is 111 Å². The SMILES string of the molecule is O=c1oc2ccccc2c2sc3cc(O)ccc3c12. The van der Waals surface area contributed by atoms with E-state index in [4.69, 9.17) is 4.42 Å². The van der Waals surface area contributed by atoms with Gasteiger partial charge in [-0.2, -0.15) is 0 Å². The van der Waals surface area contributed by atoms with E-state index in [2.05, 4.69) is 0 Å². The number of hydrogen-bond acceptors (Lipinski definition) is 4. The third kappa shape index (κ3) is 1.40. The van der Waals surface area contributed by atoms with Crippen molar-refractivity contribution in [2.75, 3.05) is 0 Å². The van der Waals surface area contributed by atoms with E-state index in [1.807, 2.05) is 18.2 Å². The first-order chi connectivity index (χ1) is 9.24. The van der Waals surface area contributed by atoms with Crippen LogP contribution in [0.5, 0.6) is 5.75 Å². The van der Waals surface area contributed by atoms with Crippen LogP contribution in [0.25, 0.3) is 31.1 Å². The third-order valence-electron chi connectivity index (χ3n) is 3.21. The quantitative estimate of drug-likeness (QED) is 0.492. The molecule has 19 heavy (non-hydrogen) atoms. The van der Waals surface area contributed by atoms with Crippen molar-refractivity contribution in [2.24, 2.45) is 0 Å². The zero-order valence-electron chi connectivity index (χ0n) is 9.71. The average Bonchev–Trinajstić information content (AvgIpc) is 2.78. The first-order valence-corrected chi connectivity index (χ1v) is 6.63. The molecule has 4 rings (SSSR count). The first-order valence-electron chi connectivity index (χ1n) is 5.81. The van der Waals surface area contributed by atoms with Gasteiger partial charge in [-0.1, -0.05) is 12.1 Å². The van der Waals surface area contributed by atoms with Gasteiger partial charge in [0.25, 0.3) is 0 Å². The van der Waals surface area contributed by atoms with Crippen molar-refractivity contribution in [3.8, 4) is 5.75 Å². The molecule has 0 aliphatic carbocycles. The molecule has 92 valence electrons. The Morgan fingerprint density at radius 2 is 1.89 bits per heavy atom. The molecule has 0 radical (unpaired) electrons. The molecule has 0 spiro atoms. The molecule has 2 aromatic carbocycles. The van der Waals surface area contributed by atoms with Crippen molar-refractivity contribution in [2.45, 2.75) is 0 Å². The summed E-state index contributed by atoms with van der Waals surface area (Å²) in [5.74, 6) is 0.202. The Bertz CT molecular complexity index is 995. The van der Waals surface area contributed by atoms with Gasteiger partial charge in [-0.15, -0.1) is 11.3 Å². The predicted molar refractivity (Wildman–Crippen MR) is 77.0 cm³/mol. The molecule has 0 fully saturated rings. The van der Waals surface area contributed by atoms with Crippen LogP contribution in [0, 0.1) is 0 Å². The van der Waals surface area contributed by atoms with Gasteiger partial charge in [0.15, 0.2) is 0 Å². The fraction of sp³-hybridized carbons (Fsp3) is 0. The molecule has 0 bridgehead atoms. The zero-order chi connectivity index (χ0) is 13.0. The Hall–Kier alpha value is -2.33. The van der Waals surface area contributed by atoms with Crippen LogP contribution in [-0.4, -0.2) is 5.11 Å². The summed E-state index contributed by atoms with van der Waals surface area (Å²) in [5, 5.41) is 11.9. The molecule has 0 saturated heterocycles. The minimum atomic E-state index is -0.328. The summed E-state index contributed by atoms with van der Waals surface area (Å²) in [7, 11) is 0. The van der Waals surface area contributed by atoms with E-state index in [0.29, 0.717) is 11.0 Å². The third-order valence-corrected chi connectivity index (χ3v) is 4.40. The molecule has 0 unspecified atom stereocenters. The molecule has 2 aromatic heterocycles. The molecular formula is C15H8O3S. The highest BCUT2D eigenvalue weighted by atomic mass is 32.1. The summed E-state index contributed by atoms with van der Waals surface area (Å²) in [5.41, 5.74) is 0.265. The van der Waals surface area contributed by atoms with E-state index in [-0.39, 0.29) is 11.4 Å². The lowest BCUT2D eigenvalue weighted by Crippen LogP contribution is -1.97. The standard InChI is InChI=1S/C15H8O3S/c16-8-5-6-10-12(7-8)19-14-9-3-1-2-4-11(9)18-15(17)13(10)14/h1-7,16H. The Balaban J connectivity index is 2.37. The number of thiophene rings is 1. The molecule has 2 heterocycles. The van der Waals surface area contributed by atoms with Crippen LogP contribution in [0.3, 0.4) is 0 Å². The monoisotopic (exact) mass is 268 g/mol. The van der Waals surface area contributed by atoms with Crippen LogP contribution < -0.4 is 5.63 Å². The molecule has 0 saturated carbocycles. The maximum Gasteiger partial charge on any atom is 0.345 e. The van der Waals surface area contributed by atoms with Crippen LogP contribution in [0.2, 0.25) is 0 Å². The highest BCUT2D eigenvalue weighted by molar-refractivity contribution is 7.26. The number of rotatable bonds is 0. The van der Waals surface area contributed by atoms with Gasteiger partial charge in [0.05, 0.1) is 10.1 Å². The van der Waals surface area contributed by atoms with E-state index in [9.17, 15) is 9.90 Å². The van der Waals surface area contributed by atoms with Gasteiger partial charge in [-0.3, -0.25) is 0 Å². The van der Waals surface area contributed by atoms with Crippen molar-refractivity contribution < 1.29 is 9.52 Å². The second-order valence-electron chi connectivity index (χ2n) is 4.37. The summed E-state index contributed by atoms with van der Waals surface area (Å²) in [6.07, 6.45) is 0. The minimum absolute atomic E-state index is 0.202. The van der Waals surface area contributed by atoms with Gasteiger partial charge in [-0.05, 0) is 30.3 Å². The predicted octanol–water partition coefficient (Wildman–Crippen LogP) is 3.87. The van der Waals surface area contributed by atoms with Crippen LogP contribution >= 0.6 is 11.3 Å². The lowest BCUT2D eigenvalue weighted by Gasteiger charge is -1.96. The van der Waals surface area contributed by atoms with E-state index >= 15 is 0 Å². The molecule has 0 amide bonds.